The van der Waals surface area contributed by atoms with E-state index < -0.39 is 5.60 Å². The maximum atomic E-state index is 11.9. The molecule has 1 fully saturated rings. The van der Waals surface area contributed by atoms with Crippen LogP contribution in [0, 0.1) is 0 Å². The molecule has 1 rings (SSSR count). The lowest BCUT2D eigenvalue weighted by molar-refractivity contribution is -0.140. The van der Waals surface area contributed by atoms with Gasteiger partial charge in [0.2, 0.25) is 0 Å². The van der Waals surface area contributed by atoms with Gasteiger partial charge >= 0.3 is 12.1 Å². The lowest BCUT2D eigenvalue weighted by atomic mass is 10.2. The van der Waals surface area contributed by atoms with Crippen LogP contribution >= 0.6 is 0 Å². The zero-order valence-electron chi connectivity index (χ0n) is 13.0. The number of carbonyl (C=O) groups is 2. The second-order valence-electron chi connectivity index (χ2n) is 5.99. The summed E-state index contributed by atoms with van der Waals surface area (Å²) in [6.45, 7) is 9.45. The maximum absolute atomic E-state index is 11.9. The van der Waals surface area contributed by atoms with Gasteiger partial charge < -0.3 is 14.4 Å². The van der Waals surface area contributed by atoms with E-state index in [-0.39, 0.29) is 12.1 Å². The maximum Gasteiger partial charge on any atom is 0.410 e. The molecule has 1 amide bonds. The Bertz CT molecular complexity index is 331. The van der Waals surface area contributed by atoms with Gasteiger partial charge in [0.15, 0.2) is 0 Å². The summed E-state index contributed by atoms with van der Waals surface area (Å²) in [6.07, 6.45) is 0.994. The topological polar surface area (TPSA) is 59.1 Å². The second-order valence-corrected chi connectivity index (χ2v) is 5.99. The normalized spacial score (nSPS) is 16.9. The van der Waals surface area contributed by atoms with Crippen LogP contribution < -0.4 is 0 Å². The lowest BCUT2D eigenvalue weighted by Gasteiger charge is -2.35. The van der Waals surface area contributed by atoms with Crippen LogP contribution in [-0.4, -0.2) is 67.3 Å². The van der Waals surface area contributed by atoms with Crippen LogP contribution in [0.2, 0.25) is 0 Å². The molecule has 0 radical (unpaired) electrons. The Morgan fingerprint density at radius 2 is 1.70 bits per heavy atom. The molecular weight excluding hydrogens is 260 g/mol. The first-order valence-electron chi connectivity index (χ1n) is 7.09. The number of amides is 1. The van der Waals surface area contributed by atoms with Crippen molar-refractivity contribution in [2.24, 2.45) is 0 Å². The van der Waals surface area contributed by atoms with Crippen LogP contribution in [0.15, 0.2) is 0 Å². The van der Waals surface area contributed by atoms with Gasteiger partial charge in [-0.1, -0.05) is 0 Å². The van der Waals surface area contributed by atoms with Gasteiger partial charge in [-0.2, -0.15) is 0 Å². The van der Waals surface area contributed by atoms with E-state index in [0.29, 0.717) is 19.5 Å². The summed E-state index contributed by atoms with van der Waals surface area (Å²) >= 11 is 0. The second kappa shape index (κ2) is 7.47. The summed E-state index contributed by atoms with van der Waals surface area (Å²) in [6, 6.07) is 0. The molecule has 0 atom stereocenters. The van der Waals surface area contributed by atoms with Gasteiger partial charge in [0.25, 0.3) is 0 Å². The van der Waals surface area contributed by atoms with Crippen molar-refractivity contribution in [1.82, 2.24) is 9.80 Å². The van der Waals surface area contributed by atoms with E-state index in [1.165, 1.54) is 7.11 Å². The molecule has 1 aliphatic heterocycles. The predicted octanol–water partition coefficient (Wildman–Crippen LogP) is 1.49. The largest absolute Gasteiger partial charge is 0.469 e. The lowest BCUT2D eigenvalue weighted by Crippen LogP contribution is -2.50. The highest BCUT2D eigenvalue weighted by Gasteiger charge is 2.25. The Balaban J connectivity index is 2.23. The van der Waals surface area contributed by atoms with E-state index in [0.717, 1.165) is 26.1 Å². The molecule has 1 heterocycles. The summed E-state index contributed by atoms with van der Waals surface area (Å²) in [4.78, 5) is 26.9. The minimum absolute atomic E-state index is 0.169. The van der Waals surface area contributed by atoms with Crippen LogP contribution in [0.1, 0.15) is 33.6 Å². The van der Waals surface area contributed by atoms with Gasteiger partial charge in [-0.05, 0) is 33.7 Å². The van der Waals surface area contributed by atoms with Crippen LogP contribution in [-0.2, 0) is 14.3 Å². The zero-order valence-corrected chi connectivity index (χ0v) is 13.0. The van der Waals surface area contributed by atoms with Crippen molar-refractivity contribution in [3.8, 4) is 0 Å². The number of nitrogens with zero attached hydrogens (tertiary/aromatic N) is 2. The van der Waals surface area contributed by atoms with Crippen molar-refractivity contribution in [3.63, 3.8) is 0 Å². The van der Waals surface area contributed by atoms with Crippen molar-refractivity contribution >= 4 is 12.1 Å². The quantitative estimate of drug-likeness (QED) is 0.733. The molecule has 0 aliphatic carbocycles. The van der Waals surface area contributed by atoms with E-state index in [2.05, 4.69) is 9.64 Å². The molecule has 0 unspecified atom stereocenters. The summed E-state index contributed by atoms with van der Waals surface area (Å²) in [7, 11) is 1.40. The predicted molar refractivity (Wildman–Crippen MR) is 75.5 cm³/mol. The summed E-state index contributed by atoms with van der Waals surface area (Å²) in [5, 5.41) is 0. The van der Waals surface area contributed by atoms with E-state index in [9.17, 15) is 9.59 Å². The number of rotatable bonds is 4. The van der Waals surface area contributed by atoms with Crippen molar-refractivity contribution in [2.75, 3.05) is 39.8 Å². The third kappa shape index (κ3) is 6.23. The summed E-state index contributed by atoms with van der Waals surface area (Å²) in [5.74, 6) is -0.169. The van der Waals surface area contributed by atoms with Crippen molar-refractivity contribution in [1.29, 1.82) is 0 Å². The Kier molecular flexibility index (Phi) is 6.26. The smallest absolute Gasteiger partial charge is 0.410 e. The fraction of sp³-hybridized carbons (Fsp3) is 0.857. The van der Waals surface area contributed by atoms with Crippen molar-refractivity contribution in [2.45, 2.75) is 39.2 Å². The molecule has 6 heteroatoms. The van der Waals surface area contributed by atoms with Gasteiger partial charge in [-0.25, -0.2) is 4.79 Å². The molecule has 1 saturated heterocycles. The van der Waals surface area contributed by atoms with Gasteiger partial charge in [0.05, 0.1) is 7.11 Å². The molecule has 0 aromatic carbocycles. The Morgan fingerprint density at radius 1 is 1.10 bits per heavy atom. The van der Waals surface area contributed by atoms with Crippen molar-refractivity contribution < 1.29 is 19.1 Å². The van der Waals surface area contributed by atoms with Gasteiger partial charge in [-0.3, -0.25) is 9.69 Å². The minimum Gasteiger partial charge on any atom is -0.469 e. The van der Waals surface area contributed by atoms with E-state index >= 15 is 0 Å². The number of hydrogen-bond acceptors (Lipinski definition) is 5. The molecule has 0 aromatic rings. The van der Waals surface area contributed by atoms with Gasteiger partial charge in [0, 0.05) is 32.6 Å². The summed E-state index contributed by atoms with van der Waals surface area (Å²) in [5.41, 5.74) is -0.450. The van der Waals surface area contributed by atoms with E-state index in [1.54, 1.807) is 4.90 Å². The molecule has 1 aliphatic rings. The average molecular weight is 286 g/mol. The number of ether oxygens (including phenoxy) is 2. The van der Waals surface area contributed by atoms with Crippen LogP contribution in [0.25, 0.3) is 0 Å². The molecule has 116 valence electrons. The molecule has 20 heavy (non-hydrogen) atoms. The molecular formula is C14H26N2O4. The summed E-state index contributed by atoms with van der Waals surface area (Å²) < 4.78 is 9.95. The molecule has 6 nitrogen and oxygen atoms in total. The third-order valence-electron chi connectivity index (χ3n) is 3.11. The number of carbonyl (C=O) groups excluding carboxylic acids is 2. The van der Waals surface area contributed by atoms with E-state index in [1.807, 2.05) is 20.8 Å². The van der Waals surface area contributed by atoms with E-state index in [4.69, 9.17) is 4.74 Å². The highest BCUT2D eigenvalue weighted by Crippen LogP contribution is 2.12. The fourth-order valence-electron chi connectivity index (χ4n) is 2.03. The van der Waals surface area contributed by atoms with Crippen LogP contribution in [0.4, 0.5) is 4.79 Å². The first-order valence-corrected chi connectivity index (χ1v) is 7.09. The minimum atomic E-state index is -0.450. The molecule has 0 spiro atoms. The highest BCUT2D eigenvalue weighted by molar-refractivity contribution is 5.69. The Hall–Kier alpha value is -1.30. The Labute approximate surface area is 121 Å². The zero-order chi connectivity index (χ0) is 15.2. The van der Waals surface area contributed by atoms with Gasteiger partial charge in [0.1, 0.15) is 5.60 Å². The monoisotopic (exact) mass is 286 g/mol. The van der Waals surface area contributed by atoms with Crippen LogP contribution in [0.3, 0.4) is 0 Å². The third-order valence-corrected chi connectivity index (χ3v) is 3.11. The number of hydrogen-bond donors (Lipinski definition) is 0. The highest BCUT2D eigenvalue weighted by atomic mass is 16.6. The van der Waals surface area contributed by atoms with Crippen LogP contribution in [0.5, 0.6) is 0 Å². The number of methoxy groups -OCH3 is 1. The van der Waals surface area contributed by atoms with Gasteiger partial charge in [-0.15, -0.1) is 0 Å². The molecule has 0 aromatic heterocycles. The van der Waals surface area contributed by atoms with Crippen molar-refractivity contribution in [3.05, 3.63) is 0 Å². The molecule has 0 N–H and O–H groups in total. The fourth-order valence-corrected chi connectivity index (χ4v) is 2.03. The number of esters is 1. The SMILES string of the molecule is COC(=O)CCCN1CCN(C(=O)OC(C)(C)C)CC1. The molecule has 0 bridgehead atoms. The first-order chi connectivity index (χ1) is 9.31. The first kappa shape index (κ1) is 16.8. The molecule has 0 saturated carbocycles. The number of piperazine rings is 1. The average Bonchev–Trinajstić information content (AvgIpc) is 2.37. The standard InChI is InChI=1S/C14H26N2O4/c1-14(2,3)20-13(18)16-10-8-15(9-11-16)7-5-6-12(17)19-4/h5-11H2,1-4H3. The Morgan fingerprint density at radius 3 is 2.20 bits per heavy atom.